The number of hydrogen-bond donors (Lipinski definition) is 2. The predicted molar refractivity (Wildman–Crippen MR) is 119 cm³/mol. The van der Waals surface area contributed by atoms with E-state index in [0.717, 1.165) is 40.8 Å². The van der Waals surface area contributed by atoms with Crippen molar-refractivity contribution in [1.29, 1.82) is 0 Å². The highest BCUT2D eigenvalue weighted by atomic mass is 16.6. The summed E-state index contributed by atoms with van der Waals surface area (Å²) in [7, 11) is 2.05. The number of nitrogens with zero attached hydrogens (tertiary/aromatic N) is 5. The minimum absolute atomic E-state index is 0.0192. The topological polar surface area (TPSA) is 117 Å². The highest BCUT2D eigenvalue weighted by Gasteiger charge is 2.16. The molecule has 5 rings (SSSR count). The van der Waals surface area contributed by atoms with Crippen molar-refractivity contribution in [2.75, 3.05) is 18.5 Å². The second-order valence-corrected chi connectivity index (χ2v) is 7.34. The lowest BCUT2D eigenvalue weighted by molar-refractivity contribution is -0.384. The number of nitro groups is 1. The van der Waals surface area contributed by atoms with Gasteiger partial charge in [0.1, 0.15) is 5.69 Å². The summed E-state index contributed by atoms with van der Waals surface area (Å²) >= 11 is 0. The van der Waals surface area contributed by atoms with E-state index in [1.165, 1.54) is 12.1 Å². The molecule has 2 aromatic carbocycles. The van der Waals surface area contributed by atoms with E-state index < -0.39 is 4.92 Å². The fourth-order valence-electron chi connectivity index (χ4n) is 3.61. The molecule has 0 atom stereocenters. The van der Waals surface area contributed by atoms with Gasteiger partial charge >= 0.3 is 0 Å². The van der Waals surface area contributed by atoms with Gasteiger partial charge in [0, 0.05) is 55.1 Å². The molecule has 0 unspecified atom stereocenters. The summed E-state index contributed by atoms with van der Waals surface area (Å²) in [5, 5.41) is 19.0. The average Bonchev–Trinajstić information content (AvgIpc) is 3.40. The van der Waals surface area contributed by atoms with Crippen LogP contribution in [0.25, 0.3) is 33.5 Å². The van der Waals surface area contributed by atoms with E-state index in [0.29, 0.717) is 17.0 Å². The van der Waals surface area contributed by atoms with Crippen LogP contribution in [0, 0.1) is 10.1 Å². The predicted octanol–water partition coefficient (Wildman–Crippen LogP) is 4.09. The third-order valence-corrected chi connectivity index (χ3v) is 5.32. The largest absolute Gasteiger partial charge is 0.374 e. The smallest absolute Gasteiger partial charge is 0.271 e. The third-order valence-electron chi connectivity index (χ3n) is 5.32. The first-order valence-electron chi connectivity index (χ1n) is 9.82. The van der Waals surface area contributed by atoms with Crippen LogP contribution in [0.1, 0.15) is 5.69 Å². The number of aromatic amines is 2. The standard InChI is InChI=1S/C22H19N7O2/c1-28(11-9-14-4-2-3-10-23-14)15-6-8-18-20(12-15)25-22(24-18)21-17-7-5-16(29(30)31)13-19(17)26-27-21/h2-8,10,12-13H,9,11H2,1H3,(H,24,25)(H,26,27). The molecule has 9 nitrogen and oxygen atoms in total. The Labute approximate surface area is 176 Å². The van der Waals surface area contributed by atoms with Crippen LogP contribution >= 0.6 is 0 Å². The van der Waals surface area contributed by atoms with Gasteiger partial charge in [-0.05, 0) is 36.4 Å². The van der Waals surface area contributed by atoms with Crippen LogP contribution in [0.5, 0.6) is 0 Å². The summed E-state index contributed by atoms with van der Waals surface area (Å²) in [4.78, 5) is 25.1. The molecule has 0 bridgehead atoms. The van der Waals surface area contributed by atoms with Gasteiger partial charge in [0.25, 0.3) is 5.69 Å². The number of nitro benzene ring substituents is 1. The second-order valence-electron chi connectivity index (χ2n) is 7.34. The molecule has 0 radical (unpaired) electrons. The fraction of sp³-hybridized carbons (Fsp3) is 0.136. The summed E-state index contributed by atoms with van der Waals surface area (Å²) < 4.78 is 0. The first-order chi connectivity index (χ1) is 15.1. The molecule has 0 aliphatic rings. The van der Waals surface area contributed by atoms with E-state index in [4.69, 9.17) is 0 Å². The molecule has 3 heterocycles. The number of anilines is 1. The minimum Gasteiger partial charge on any atom is -0.374 e. The van der Waals surface area contributed by atoms with Crippen LogP contribution in [0.3, 0.4) is 0 Å². The van der Waals surface area contributed by atoms with Crippen LogP contribution in [0.2, 0.25) is 0 Å². The summed E-state index contributed by atoms with van der Waals surface area (Å²) in [5.41, 5.74) is 5.10. The maximum atomic E-state index is 11.0. The van der Waals surface area contributed by atoms with Crippen LogP contribution in [-0.4, -0.2) is 43.7 Å². The summed E-state index contributed by atoms with van der Waals surface area (Å²) in [5.74, 6) is 0.614. The summed E-state index contributed by atoms with van der Waals surface area (Å²) in [6.07, 6.45) is 2.67. The maximum Gasteiger partial charge on any atom is 0.271 e. The number of benzene rings is 2. The van der Waals surface area contributed by atoms with Gasteiger partial charge in [-0.2, -0.15) is 5.10 Å². The Balaban J connectivity index is 1.42. The SMILES string of the molecule is CN(CCc1ccccn1)c1ccc2nc(-c3n[nH]c4cc([N+](=O)[O-])ccc34)[nH]c2c1. The average molecular weight is 413 g/mol. The quantitative estimate of drug-likeness (QED) is 0.320. The first kappa shape index (κ1) is 18.7. The molecule has 3 aromatic heterocycles. The molecular formula is C22H19N7O2. The van der Waals surface area contributed by atoms with Crippen LogP contribution < -0.4 is 4.90 Å². The van der Waals surface area contributed by atoms with Gasteiger partial charge in [-0.1, -0.05) is 6.07 Å². The van der Waals surface area contributed by atoms with Gasteiger partial charge in [-0.3, -0.25) is 20.2 Å². The first-order valence-corrected chi connectivity index (χ1v) is 9.82. The van der Waals surface area contributed by atoms with Crippen molar-refractivity contribution in [2.24, 2.45) is 0 Å². The van der Waals surface area contributed by atoms with E-state index in [1.54, 1.807) is 6.07 Å². The Morgan fingerprint density at radius 1 is 1.10 bits per heavy atom. The monoisotopic (exact) mass is 413 g/mol. The van der Waals surface area contributed by atoms with Crippen LogP contribution in [0.15, 0.2) is 60.8 Å². The van der Waals surface area contributed by atoms with E-state index in [-0.39, 0.29) is 5.69 Å². The Hall–Kier alpha value is -4.27. The summed E-state index contributed by atoms with van der Waals surface area (Å²) in [6.45, 7) is 0.840. The lowest BCUT2D eigenvalue weighted by Gasteiger charge is -2.19. The Morgan fingerprint density at radius 2 is 2.00 bits per heavy atom. The highest BCUT2D eigenvalue weighted by molar-refractivity contribution is 5.94. The lowest BCUT2D eigenvalue weighted by Crippen LogP contribution is -2.20. The van der Waals surface area contributed by atoms with Gasteiger partial charge in [-0.25, -0.2) is 4.98 Å². The molecule has 0 amide bonds. The van der Waals surface area contributed by atoms with Crippen molar-refractivity contribution in [3.63, 3.8) is 0 Å². The van der Waals surface area contributed by atoms with E-state index in [1.807, 2.05) is 36.5 Å². The van der Waals surface area contributed by atoms with Crippen LogP contribution in [0.4, 0.5) is 11.4 Å². The normalized spacial score (nSPS) is 11.3. The fourth-order valence-corrected chi connectivity index (χ4v) is 3.61. The number of fused-ring (bicyclic) bond motifs is 2. The van der Waals surface area contributed by atoms with Crippen molar-refractivity contribution in [1.82, 2.24) is 25.1 Å². The molecule has 0 aliphatic heterocycles. The molecule has 9 heteroatoms. The molecule has 0 saturated heterocycles. The van der Waals surface area contributed by atoms with Crippen molar-refractivity contribution < 1.29 is 4.92 Å². The second kappa shape index (κ2) is 7.52. The van der Waals surface area contributed by atoms with Crippen molar-refractivity contribution in [3.8, 4) is 11.5 Å². The number of nitrogens with one attached hydrogen (secondary N) is 2. The van der Waals surface area contributed by atoms with E-state index in [2.05, 4.69) is 43.2 Å². The van der Waals surface area contributed by atoms with Gasteiger partial charge < -0.3 is 9.88 Å². The van der Waals surface area contributed by atoms with Crippen molar-refractivity contribution >= 4 is 33.3 Å². The summed E-state index contributed by atoms with van der Waals surface area (Å²) in [6, 6.07) is 16.7. The number of hydrogen-bond acceptors (Lipinski definition) is 6. The molecule has 0 aliphatic carbocycles. The molecule has 2 N–H and O–H groups in total. The maximum absolute atomic E-state index is 11.0. The Kier molecular flexibility index (Phi) is 4.55. The molecule has 5 aromatic rings. The zero-order chi connectivity index (χ0) is 21.4. The number of pyridine rings is 1. The zero-order valence-corrected chi connectivity index (χ0v) is 16.7. The number of likely N-dealkylation sites (N-methyl/N-ethyl adjacent to an activating group) is 1. The molecule has 0 fully saturated rings. The lowest BCUT2D eigenvalue weighted by atomic mass is 10.2. The number of rotatable bonds is 6. The van der Waals surface area contributed by atoms with Gasteiger partial charge in [0.05, 0.1) is 21.5 Å². The highest BCUT2D eigenvalue weighted by Crippen LogP contribution is 2.29. The number of non-ortho nitro benzene ring substituents is 1. The Morgan fingerprint density at radius 3 is 2.81 bits per heavy atom. The van der Waals surface area contributed by atoms with Gasteiger partial charge in [0.15, 0.2) is 5.82 Å². The number of aromatic nitrogens is 5. The minimum atomic E-state index is -0.424. The number of imidazole rings is 1. The van der Waals surface area contributed by atoms with Crippen molar-refractivity contribution in [2.45, 2.75) is 6.42 Å². The van der Waals surface area contributed by atoms with Gasteiger partial charge in [-0.15, -0.1) is 0 Å². The van der Waals surface area contributed by atoms with Crippen molar-refractivity contribution in [3.05, 3.63) is 76.6 Å². The molecule has 154 valence electrons. The molecule has 31 heavy (non-hydrogen) atoms. The van der Waals surface area contributed by atoms with E-state index in [9.17, 15) is 10.1 Å². The van der Waals surface area contributed by atoms with Gasteiger partial charge in [0.2, 0.25) is 0 Å². The molecule has 0 saturated carbocycles. The Bertz CT molecular complexity index is 1390. The van der Waals surface area contributed by atoms with Crippen LogP contribution in [-0.2, 0) is 6.42 Å². The molecule has 0 spiro atoms. The third kappa shape index (κ3) is 3.57. The zero-order valence-electron chi connectivity index (χ0n) is 16.7. The van der Waals surface area contributed by atoms with E-state index >= 15 is 0 Å². The molecular weight excluding hydrogens is 394 g/mol. The number of H-pyrrole nitrogens is 2.